The standard InChI is InChI=1S/C7H10F3NO5S/c1-6(16-2-5(12)13)3-11(4-6)17(14,15)7(8,9)10/h2-4H2,1H3,(H,12,13). The minimum absolute atomic E-state index is 0.203. The smallest absolute Gasteiger partial charge is 0.480 e. The van der Waals surface area contributed by atoms with Crippen molar-refractivity contribution in [3.63, 3.8) is 0 Å². The minimum Gasteiger partial charge on any atom is -0.480 e. The van der Waals surface area contributed by atoms with Crippen molar-refractivity contribution in [2.45, 2.75) is 18.0 Å². The summed E-state index contributed by atoms with van der Waals surface area (Å²) < 4.78 is 63.1. The number of alkyl halides is 3. The molecule has 0 spiro atoms. The highest BCUT2D eigenvalue weighted by atomic mass is 32.2. The third-order valence-corrected chi connectivity index (χ3v) is 3.72. The summed E-state index contributed by atoms with van der Waals surface area (Å²) in [7, 11) is -5.34. The Morgan fingerprint density at radius 1 is 1.47 bits per heavy atom. The van der Waals surface area contributed by atoms with Crippen molar-refractivity contribution >= 4 is 16.0 Å². The zero-order valence-corrected chi connectivity index (χ0v) is 9.51. The topological polar surface area (TPSA) is 83.9 Å². The summed E-state index contributed by atoms with van der Waals surface area (Å²) in [6.45, 7) is -0.362. The van der Waals surface area contributed by atoms with Crippen molar-refractivity contribution < 1.29 is 36.2 Å². The van der Waals surface area contributed by atoms with Crippen molar-refractivity contribution in [3.05, 3.63) is 0 Å². The van der Waals surface area contributed by atoms with Crippen LogP contribution in [0.25, 0.3) is 0 Å². The average molecular weight is 277 g/mol. The fourth-order valence-corrected chi connectivity index (χ4v) is 2.52. The largest absolute Gasteiger partial charge is 0.511 e. The molecule has 1 aliphatic rings. The molecule has 0 atom stereocenters. The second-order valence-electron chi connectivity index (χ2n) is 3.85. The number of ether oxygens (including phenoxy) is 1. The molecule has 1 aliphatic heterocycles. The lowest BCUT2D eigenvalue weighted by Crippen LogP contribution is -2.65. The third-order valence-electron chi connectivity index (χ3n) is 2.20. The fourth-order valence-electron chi connectivity index (χ4n) is 1.34. The first-order valence-corrected chi connectivity index (χ1v) is 5.84. The van der Waals surface area contributed by atoms with Gasteiger partial charge in [-0.15, -0.1) is 0 Å². The molecule has 1 N–H and O–H groups in total. The maximum Gasteiger partial charge on any atom is 0.511 e. The molecule has 0 amide bonds. The molecular formula is C7H10F3NO5S. The second-order valence-corrected chi connectivity index (χ2v) is 5.78. The summed E-state index contributed by atoms with van der Waals surface area (Å²) in [6, 6.07) is 0. The van der Waals surface area contributed by atoms with E-state index in [9.17, 15) is 26.4 Å². The van der Waals surface area contributed by atoms with Gasteiger partial charge in [0.1, 0.15) is 6.61 Å². The number of hydrogen-bond donors (Lipinski definition) is 1. The van der Waals surface area contributed by atoms with Crippen LogP contribution >= 0.6 is 0 Å². The van der Waals surface area contributed by atoms with Crippen LogP contribution in [0.5, 0.6) is 0 Å². The van der Waals surface area contributed by atoms with Crippen LogP contribution in [0, 0.1) is 0 Å². The fraction of sp³-hybridized carbons (Fsp3) is 0.857. The number of rotatable bonds is 4. The number of sulfonamides is 1. The predicted octanol–water partition coefficient (Wildman–Crippen LogP) is 0.0115. The highest BCUT2D eigenvalue weighted by Crippen LogP contribution is 2.34. The molecule has 6 nitrogen and oxygen atoms in total. The molecule has 0 aromatic heterocycles. The highest BCUT2D eigenvalue weighted by molar-refractivity contribution is 7.90. The van der Waals surface area contributed by atoms with Crippen LogP contribution in [-0.4, -0.2) is 54.6 Å². The monoisotopic (exact) mass is 277 g/mol. The lowest BCUT2D eigenvalue weighted by atomic mass is 10.0. The Kier molecular flexibility index (Phi) is 3.43. The molecule has 10 heteroatoms. The van der Waals surface area contributed by atoms with Gasteiger partial charge in [0.05, 0.1) is 5.60 Å². The van der Waals surface area contributed by atoms with Crippen LogP contribution in [-0.2, 0) is 19.6 Å². The maximum atomic E-state index is 12.1. The Bertz CT molecular complexity index is 412. The zero-order valence-electron chi connectivity index (χ0n) is 8.69. The zero-order chi connectivity index (χ0) is 13.5. The Morgan fingerprint density at radius 2 is 1.94 bits per heavy atom. The number of aliphatic carboxylic acids is 1. The van der Waals surface area contributed by atoms with Crippen molar-refractivity contribution in [1.29, 1.82) is 0 Å². The third kappa shape index (κ3) is 2.87. The van der Waals surface area contributed by atoms with Crippen LogP contribution in [0.3, 0.4) is 0 Å². The maximum absolute atomic E-state index is 12.1. The van der Waals surface area contributed by atoms with Gasteiger partial charge in [0, 0.05) is 13.1 Å². The molecule has 0 bridgehead atoms. The summed E-state index contributed by atoms with van der Waals surface area (Å²) in [5.41, 5.74) is -6.53. The van der Waals surface area contributed by atoms with E-state index in [1.807, 2.05) is 0 Å². The molecule has 0 aromatic carbocycles. The highest BCUT2D eigenvalue weighted by Gasteiger charge is 2.57. The van der Waals surface area contributed by atoms with Crippen LogP contribution < -0.4 is 0 Å². The lowest BCUT2D eigenvalue weighted by Gasteiger charge is -2.45. The summed E-state index contributed by atoms with van der Waals surface area (Å²) in [6.07, 6.45) is 0. The molecule has 1 rings (SSSR count). The van der Waals surface area contributed by atoms with Gasteiger partial charge in [-0.25, -0.2) is 13.2 Å². The van der Waals surface area contributed by atoms with E-state index in [1.165, 1.54) is 6.92 Å². The van der Waals surface area contributed by atoms with Crippen LogP contribution in [0.4, 0.5) is 13.2 Å². The molecule has 0 radical (unpaired) electrons. The first-order chi connectivity index (χ1) is 7.48. The van der Waals surface area contributed by atoms with E-state index in [2.05, 4.69) is 0 Å². The van der Waals surface area contributed by atoms with E-state index < -0.39 is 46.8 Å². The molecule has 1 saturated heterocycles. The molecule has 100 valence electrons. The van der Waals surface area contributed by atoms with E-state index in [1.54, 1.807) is 0 Å². The predicted molar refractivity (Wildman–Crippen MR) is 48.5 cm³/mol. The first-order valence-electron chi connectivity index (χ1n) is 4.40. The van der Waals surface area contributed by atoms with Crippen molar-refractivity contribution in [2.75, 3.05) is 19.7 Å². The summed E-state index contributed by atoms with van der Waals surface area (Å²) >= 11 is 0. The normalized spacial score (nSPS) is 20.9. The van der Waals surface area contributed by atoms with Crippen molar-refractivity contribution in [1.82, 2.24) is 4.31 Å². The molecule has 1 heterocycles. The Morgan fingerprint density at radius 3 is 2.29 bits per heavy atom. The Labute approximate surface area is 95.0 Å². The summed E-state index contributed by atoms with van der Waals surface area (Å²) in [5.74, 6) is -1.27. The summed E-state index contributed by atoms with van der Waals surface area (Å²) in [5, 5.41) is 8.31. The molecule has 0 aromatic rings. The van der Waals surface area contributed by atoms with Crippen LogP contribution in [0.2, 0.25) is 0 Å². The van der Waals surface area contributed by atoms with Gasteiger partial charge in [0.2, 0.25) is 0 Å². The van der Waals surface area contributed by atoms with Gasteiger partial charge >= 0.3 is 21.5 Å². The number of halogens is 3. The van der Waals surface area contributed by atoms with Gasteiger partial charge in [-0.3, -0.25) is 0 Å². The lowest BCUT2D eigenvalue weighted by molar-refractivity contribution is -0.158. The van der Waals surface area contributed by atoms with Gasteiger partial charge in [-0.2, -0.15) is 17.5 Å². The van der Waals surface area contributed by atoms with Crippen molar-refractivity contribution in [2.24, 2.45) is 0 Å². The number of carbonyl (C=O) groups is 1. The van der Waals surface area contributed by atoms with E-state index in [0.29, 0.717) is 0 Å². The van der Waals surface area contributed by atoms with Crippen molar-refractivity contribution in [3.8, 4) is 0 Å². The average Bonchev–Trinajstić information content (AvgIpc) is 2.08. The Hall–Kier alpha value is -0.870. The summed E-state index contributed by atoms with van der Waals surface area (Å²) in [4.78, 5) is 10.2. The second kappa shape index (κ2) is 4.10. The molecule has 0 saturated carbocycles. The minimum atomic E-state index is -5.35. The SMILES string of the molecule is CC1(OCC(=O)O)CN(S(=O)(=O)C(F)(F)F)C1. The van der Waals surface area contributed by atoms with E-state index in [4.69, 9.17) is 9.84 Å². The van der Waals surface area contributed by atoms with Crippen LogP contribution in [0.15, 0.2) is 0 Å². The number of nitrogens with zero attached hydrogens (tertiary/aromatic N) is 1. The van der Waals surface area contributed by atoms with E-state index >= 15 is 0 Å². The first kappa shape index (κ1) is 14.2. The van der Waals surface area contributed by atoms with Gasteiger partial charge < -0.3 is 9.84 Å². The van der Waals surface area contributed by atoms with Gasteiger partial charge in [0.25, 0.3) is 0 Å². The van der Waals surface area contributed by atoms with Crippen LogP contribution in [0.1, 0.15) is 6.92 Å². The van der Waals surface area contributed by atoms with E-state index in [0.717, 1.165) is 0 Å². The number of hydrogen-bond acceptors (Lipinski definition) is 4. The number of carboxylic acid groups (broad SMARTS) is 1. The molecule has 1 fully saturated rings. The van der Waals surface area contributed by atoms with Gasteiger partial charge in [-0.05, 0) is 6.92 Å². The van der Waals surface area contributed by atoms with E-state index in [-0.39, 0.29) is 4.31 Å². The Balaban J connectivity index is 2.60. The van der Waals surface area contributed by atoms with Gasteiger partial charge in [0.15, 0.2) is 0 Å². The molecule has 0 aliphatic carbocycles. The van der Waals surface area contributed by atoms with Gasteiger partial charge in [-0.1, -0.05) is 0 Å². The molecular weight excluding hydrogens is 267 g/mol. The quantitative estimate of drug-likeness (QED) is 0.782. The molecule has 17 heavy (non-hydrogen) atoms. The number of carboxylic acids is 1. The molecule has 0 unspecified atom stereocenters.